The lowest BCUT2D eigenvalue weighted by Gasteiger charge is -2.18. The van der Waals surface area contributed by atoms with Gasteiger partial charge in [-0.1, -0.05) is 29.8 Å². The molecule has 27 heavy (non-hydrogen) atoms. The largest absolute Gasteiger partial charge is 0.496 e. The summed E-state index contributed by atoms with van der Waals surface area (Å²) < 4.78 is 10.5. The number of para-hydroxylation sites is 1. The van der Waals surface area contributed by atoms with Gasteiger partial charge in [-0.15, -0.1) is 0 Å². The third-order valence-electron chi connectivity index (χ3n) is 4.04. The molecule has 0 aromatic heterocycles. The molecule has 0 spiro atoms. The second-order valence-corrected chi connectivity index (χ2v) is 6.39. The van der Waals surface area contributed by atoms with Gasteiger partial charge in [-0.05, 0) is 36.2 Å². The molecule has 0 aliphatic carbocycles. The molecule has 0 saturated carbocycles. The average Bonchev–Trinajstić information content (AvgIpc) is 2.66. The summed E-state index contributed by atoms with van der Waals surface area (Å²) in [4.78, 5) is 26.0. The number of anilines is 1. The van der Waals surface area contributed by atoms with Crippen molar-refractivity contribution < 1.29 is 19.1 Å². The predicted octanol–water partition coefficient (Wildman–Crippen LogP) is 3.39. The number of carbonyl (C=O) groups is 2. The molecule has 0 aliphatic rings. The normalized spacial score (nSPS) is 10.2. The fraction of sp³-hybridized carbons (Fsp3) is 0.300. The van der Waals surface area contributed by atoms with Gasteiger partial charge in [-0.3, -0.25) is 9.59 Å². The standard InChI is InChI=1S/C20H23ClN2O4/c1-23(20(25)11-8-14-6-4-5-7-17(14)26-2)13-19(24)22-16-12-15(21)9-10-18(16)27-3/h4-7,9-10,12H,8,11,13H2,1-3H3,(H,22,24). The van der Waals surface area contributed by atoms with E-state index in [0.717, 1.165) is 11.3 Å². The number of hydrogen-bond donors (Lipinski definition) is 1. The van der Waals surface area contributed by atoms with Crippen molar-refractivity contribution in [1.82, 2.24) is 4.90 Å². The smallest absolute Gasteiger partial charge is 0.244 e. The second kappa shape index (κ2) is 9.83. The van der Waals surface area contributed by atoms with E-state index in [-0.39, 0.29) is 24.8 Å². The van der Waals surface area contributed by atoms with Crippen molar-refractivity contribution in [3.63, 3.8) is 0 Å². The van der Waals surface area contributed by atoms with E-state index in [4.69, 9.17) is 21.1 Å². The predicted molar refractivity (Wildman–Crippen MR) is 106 cm³/mol. The van der Waals surface area contributed by atoms with E-state index in [1.807, 2.05) is 24.3 Å². The summed E-state index contributed by atoms with van der Waals surface area (Å²) in [7, 11) is 4.70. The molecule has 0 saturated heterocycles. The highest BCUT2D eigenvalue weighted by Gasteiger charge is 2.15. The van der Waals surface area contributed by atoms with Crippen molar-refractivity contribution in [3.05, 3.63) is 53.1 Å². The molecular weight excluding hydrogens is 368 g/mol. The van der Waals surface area contributed by atoms with Gasteiger partial charge >= 0.3 is 0 Å². The van der Waals surface area contributed by atoms with Crippen LogP contribution >= 0.6 is 11.6 Å². The molecule has 0 bridgehead atoms. The first-order valence-electron chi connectivity index (χ1n) is 8.44. The van der Waals surface area contributed by atoms with E-state index in [2.05, 4.69) is 5.32 Å². The third-order valence-corrected chi connectivity index (χ3v) is 4.28. The Balaban J connectivity index is 1.90. The van der Waals surface area contributed by atoms with Crippen molar-refractivity contribution in [3.8, 4) is 11.5 Å². The lowest BCUT2D eigenvalue weighted by molar-refractivity contribution is -0.133. The molecule has 144 valence electrons. The molecule has 2 aromatic carbocycles. The van der Waals surface area contributed by atoms with Gasteiger partial charge in [-0.25, -0.2) is 0 Å². The Morgan fingerprint density at radius 2 is 1.78 bits per heavy atom. The molecule has 0 fully saturated rings. The highest BCUT2D eigenvalue weighted by Crippen LogP contribution is 2.27. The highest BCUT2D eigenvalue weighted by atomic mass is 35.5. The first-order chi connectivity index (χ1) is 12.9. The average molecular weight is 391 g/mol. The Morgan fingerprint density at radius 1 is 1.07 bits per heavy atom. The Hall–Kier alpha value is -2.73. The molecular formula is C20H23ClN2O4. The summed E-state index contributed by atoms with van der Waals surface area (Å²) in [5.74, 6) is 0.787. The fourth-order valence-corrected chi connectivity index (χ4v) is 2.79. The maximum absolute atomic E-state index is 12.3. The number of likely N-dealkylation sites (N-methyl/N-ethyl adjacent to an activating group) is 1. The van der Waals surface area contributed by atoms with E-state index < -0.39 is 0 Å². The molecule has 0 atom stereocenters. The van der Waals surface area contributed by atoms with Crippen molar-refractivity contribution in [2.45, 2.75) is 12.8 Å². The Morgan fingerprint density at radius 3 is 2.48 bits per heavy atom. The van der Waals surface area contributed by atoms with Gasteiger partial charge in [0.1, 0.15) is 11.5 Å². The van der Waals surface area contributed by atoms with Crippen LogP contribution in [0.3, 0.4) is 0 Å². The Labute approximate surface area is 164 Å². The van der Waals surface area contributed by atoms with Gasteiger partial charge in [0.25, 0.3) is 0 Å². The summed E-state index contributed by atoms with van der Waals surface area (Å²) in [6, 6.07) is 12.5. The Kier molecular flexibility index (Phi) is 7.49. The molecule has 0 unspecified atom stereocenters. The fourth-order valence-electron chi connectivity index (χ4n) is 2.61. The van der Waals surface area contributed by atoms with Gasteiger partial charge in [0.2, 0.25) is 11.8 Å². The van der Waals surface area contributed by atoms with Crippen LogP contribution in [0.15, 0.2) is 42.5 Å². The Bertz CT molecular complexity index is 810. The van der Waals surface area contributed by atoms with Crippen LogP contribution in [0.5, 0.6) is 11.5 Å². The number of rotatable bonds is 8. The SMILES string of the molecule is COc1ccccc1CCC(=O)N(C)CC(=O)Nc1cc(Cl)ccc1OC. The van der Waals surface area contributed by atoms with Crippen LogP contribution in [0.4, 0.5) is 5.69 Å². The summed E-state index contributed by atoms with van der Waals surface area (Å²) >= 11 is 5.96. The highest BCUT2D eigenvalue weighted by molar-refractivity contribution is 6.31. The zero-order chi connectivity index (χ0) is 19.8. The maximum Gasteiger partial charge on any atom is 0.244 e. The molecule has 2 amide bonds. The third kappa shape index (κ3) is 5.89. The summed E-state index contributed by atoms with van der Waals surface area (Å²) in [5.41, 5.74) is 1.42. The van der Waals surface area contributed by atoms with Crippen LogP contribution in [-0.4, -0.2) is 44.5 Å². The zero-order valence-electron chi connectivity index (χ0n) is 15.6. The minimum atomic E-state index is -0.330. The lowest BCUT2D eigenvalue weighted by Crippen LogP contribution is -2.35. The number of benzene rings is 2. The van der Waals surface area contributed by atoms with Crippen LogP contribution in [0.25, 0.3) is 0 Å². The van der Waals surface area contributed by atoms with Crippen LogP contribution in [0, 0.1) is 0 Å². The number of hydrogen-bond acceptors (Lipinski definition) is 4. The number of halogens is 1. The van der Waals surface area contributed by atoms with Crippen LogP contribution in [0.1, 0.15) is 12.0 Å². The monoisotopic (exact) mass is 390 g/mol. The quantitative estimate of drug-likeness (QED) is 0.750. The van der Waals surface area contributed by atoms with Crippen LogP contribution in [-0.2, 0) is 16.0 Å². The molecule has 2 rings (SSSR count). The number of nitrogens with zero attached hydrogens (tertiary/aromatic N) is 1. The maximum atomic E-state index is 12.3. The number of carbonyl (C=O) groups excluding carboxylic acids is 2. The van der Waals surface area contributed by atoms with Gasteiger partial charge in [-0.2, -0.15) is 0 Å². The molecule has 1 N–H and O–H groups in total. The minimum absolute atomic E-state index is 0.0690. The van der Waals surface area contributed by atoms with Crippen molar-refractivity contribution in [2.24, 2.45) is 0 Å². The van der Waals surface area contributed by atoms with E-state index in [9.17, 15) is 9.59 Å². The van der Waals surface area contributed by atoms with Gasteiger partial charge in [0.05, 0.1) is 26.5 Å². The van der Waals surface area contributed by atoms with Gasteiger partial charge < -0.3 is 19.7 Å². The first-order valence-corrected chi connectivity index (χ1v) is 8.81. The topological polar surface area (TPSA) is 67.9 Å². The number of ether oxygens (including phenoxy) is 2. The van der Waals surface area contributed by atoms with Crippen molar-refractivity contribution in [1.29, 1.82) is 0 Å². The summed E-state index contributed by atoms with van der Waals surface area (Å²) in [6.07, 6.45) is 0.821. The summed E-state index contributed by atoms with van der Waals surface area (Å²) in [5, 5.41) is 3.20. The molecule has 6 nitrogen and oxygen atoms in total. The number of aryl methyl sites for hydroxylation is 1. The molecule has 0 aliphatic heterocycles. The molecule has 2 aromatic rings. The number of amides is 2. The van der Waals surface area contributed by atoms with Gasteiger partial charge in [0.15, 0.2) is 0 Å². The van der Waals surface area contributed by atoms with Crippen LogP contribution in [0.2, 0.25) is 5.02 Å². The van der Waals surface area contributed by atoms with E-state index in [0.29, 0.717) is 22.9 Å². The van der Waals surface area contributed by atoms with Crippen LogP contribution < -0.4 is 14.8 Å². The summed E-state index contributed by atoms with van der Waals surface area (Å²) in [6.45, 7) is -0.0690. The van der Waals surface area contributed by atoms with Crippen molar-refractivity contribution >= 4 is 29.1 Å². The molecule has 0 radical (unpaired) electrons. The molecule has 7 heteroatoms. The molecule has 0 heterocycles. The lowest BCUT2D eigenvalue weighted by atomic mass is 10.1. The van der Waals surface area contributed by atoms with E-state index in [1.165, 1.54) is 12.0 Å². The van der Waals surface area contributed by atoms with E-state index >= 15 is 0 Å². The van der Waals surface area contributed by atoms with Gasteiger partial charge in [0, 0.05) is 18.5 Å². The zero-order valence-corrected chi connectivity index (χ0v) is 16.4. The number of nitrogens with one attached hydrogen (secondary N) is 1. The first kappa shape index (κ1) is 20.6. The van der Waals surface area contributed by atoms with E-state index in [1.54, 1.807) is 32.4 Å². The number of methoxy groups -OCH3 is 2. The second-order valence-electron chi connectivity index (χ2n) is 5.95. The minimum Gasteiger partial charge on any atom is -0.496 e. The van der Waals surface area contributed by atoms with Crippen molar-refractivity contribution in [2.75, 3.05) is 33.1 Å².